The number of hydrogen-bond acceptors (Lipinski definition) is 3. The Morgan fingerprint density at radius 1 is 1.17 bits per heavy atom. The molecule has 2 N–H and O–H groups in total. The van der Waals surface area contributed by atoms with Crippen LogP contribution in [0.3, 0.4) is 0 Å². The molecule has 6 nitrogen and oxygen atoms in total. The van der Waals surface area contributed by atoms with E-state index in [2.05, 4.69) is 52.9 Å². The fourth-order valence-corrected chi connectivity index (χ4v) is 3.46. The maximum atomic E-state index is 11.8. The van der Waals surface area contributed by atoms with Gasteiger partial charge in [-0.3, -0.25) is 9.79 Å². The van der Waals surface area contributed by atoms with Crippen molar-refractivity contribution in [2.45, 2.75) is 45.9 Å². The molecule has 30 heavy (non-hydrogen) atoms. The zero-order valence-electron chi connectivity index (χ0n) is 18.1. The summed E-state index contributed by atoms with van der Waals surface area (Å²) < 4.78 is 5.95. The average molecular weight is 409 g/mol. The Morgan fingerprint density at radius 3 is 2.60 bits per heavy atom. The van der Waals surface area contributed by atoms with Gasteiger partial charge in [0.1, 0.15) is 11.9 Å². The molecule has 0 radical (unpaired) electrons. The lowest BCUT2D eigenvalue weighted by molar-refractivity contribution is -0.128. The van der Waals surface area contributed by atoms with Gasteiger partial charge >= 0.3 is 0 Å². The smallest absolute Gasteiger partial charge is 0.222 e. The molecular weight excluding hydrogens is 376 g/mol. The molecule has 0 bridgehead atoms. The number of nitrogens with one attached hydrogen (secondary N) is 2. The summed E-state index contributed by atoms with van der Waals surface area (Å²) in [6.07, 6.45) is 1.67. The van der Waals surface area contributed by atoms with Crippen LogP contribution in [0.5, 0.6) is 5.75 Å². The number of rotatable bonds is 8. The maximum absolute atomic E-state index is 11.8. The Hall–Kier alpha value is -3.02. The maximum Gasteiger partial charge on any atom is 0.222 e. The normalized spacial score (nSPS) is 15.2. The average Bonchev–Trinajstić information content (AvgIpc) is 3.13. The number of likely N-dealkylation sites (tertiary alicyclic amines) is 1. The molecule has 0 saturated carbocycles. The standard InChI is InChI=1S/C24H32N4O2/c1-18-6-4-7-22(14-18)30-19(2)15-26-24(25-3)27-16-20-9-11-21(12-10-20)17-28-13-5-8-23(28)29/h4,6-7,9-12,14,19H,5,8,13,15-17H2,1-3H3,(H2,25,26,27). The number of amides is 1. The van der Waals surface area contributed by atoms with Crippen LogP contribution in [-0.2, 0) is 17.9 Å². The SMILES string of the molecule is CN=C(NCc1ccc(CN2CCCC2=O)cc1)NCC(C)Oc1cccc(C)c1. The highest BCUT2D eigenvalue weighted by Gasteiger charge is 2.19. The van der Waals surface area contributed by atoms with Crippen LogP contribution < -0.4 is 15.4 Å². The van der Waals surface area contributed by atoms with Gasteiger partial charge in [0, 0.05) is 33.1 Å². The predicted molar refractivity (Wildman–Crippen MR) is 121 cm³/mol. The van der Waals surface area contributed by atoms with E-state index < -0.39 is 0 Å². The molecule has 3 rings (SSSR count). The lowest BCUT2D eigenvalue weighted by atomic mass is 10.1. The molecule has 2 aromatic carbocycles. The van der Waals surface area contributed by atoms with Gasteiger partial charge in [-0.25, -0.2) is 0 Å². The first-order chi connectivity index (χ1) is 14.5. The molecule has 1 amide bonds. The molecular formula is C24H32N4O2. The molecule has 6 heteroatoms. The second kappa shape index (κ2) is 10.7. The Kier molecular flexibility index (Phi) is 7.71. The molecule has 1 heterocycles. The van der Waals surface area contributed by atoms with Gasteiger partial charge in [0.05, 0.1) is 6.54 Å². The zero-order valence-corrected chi connectivity index (χ0v) is 18.1. The van der Waals surface area contributed by atoms with Crippen molar-refractivity contribution in [3.05, 3.63) is 65.2 Å². The van der Waals surface area contributed by atoms with E-state index >= 15 is 0 Å². The van der Waals surface area contributed by atoms with Crippen LogP contribution in [0.1, 0.15) is 36.5 Å². The van der Waals surface area contributed by atoms with Crippen LogP contribution in [0.2, 0.25) is 0 Å². The molecule has 0 aliphatic carbocycles. The molecule has 2 aromatic rings. The van der Waals surface area contributed by atoms with E-state index in [0.29, 0.717) is 26.1 Å². The minimum absolute atomic E-state index is 0.0120. The van der Waals surface area contributed by atoms with E-state index in [1.54, 1.807) is 7.05 Å². The first-order valence-corrected chi connectivity index (χ1v) is 10.6. The number of guanidine groups is 1. The Labute approximate surface area is 179 Å². The van der Waals surface area contributed by atoms with Crippen LogP contribution in [0.25, 0.3) is 0 Å². The van der Waals surface area contributed by atoms with Gasteiger partial charge in [0.25, 0.3) is 0 Å². The second-order valence-electron chi connectivity index (χ2n) is 7.79. The number of ether oxygens (including phenoxy) is 1. The van der Waals surface area contributed by atoms with E-state index in [1.807, 2.05) is 30.0 Å². The van der Waals surface area contributed by atoms with Crippen molar-refractivity contribution in [2.75, 3.05) is 20.1 Å². The number of hydrogen-bond donors (Lipinski definition) is 2. The molecule has 1 aliphatic rings. The highest BCUT2D eigenvalue weighted by atomic mass is 16.5. The van der Waals surface area contributed by atoms with Crippen molar-refractivity contribution in [3.8, 4) is 5.75 Å². The predicted octanol–water partition coefficient (Wildman–Crippen LogP) is 3.25. The van der Waals surface area contributed by atoms with Gasteiger partial charge in [-0.2, -0.15) is 0 Å². The molecule has 1 fully saturated rings. The summed E-state index contributed by atoms with van der Waals surface area (Å²) in [7, 11) is 1.76. The number of benzene rings is 2. The third kappa shape index (κ3) is 6.51. The minimum Gasteiger partial charge on any atom is -0.489 e. The molecule has 1 unspecified atom stereocenters. The number of aryl methyl sites for hydroxylation is 1. The number of aliphatic imine (C=N–C) groups is 1. The van der Waals surface area contributed by atoms with E-state index in [0.717, 1.165) is 24.7 Å². The topological polar surface area (TPSA) is 66.0 Å². The first-order valence-electron chi connectivity index (χ1n) is 10.6. The van der Waals surface area contributed by atoms with Gasteiger partial charge in [0.15, 0.2) is 5.96 Å². The van der Waals surface area contributed by atoms with E-state index in [4.69, 9.17) is 4.74 Å². The van der Waals surface area contributed by atoms with Crippen LogP contribution >= 0.6 is 0 Å². The first kappa shape index (κ1) is 21.7. The molecule has 0 spiro atoms. The summed E-state index contributed by atoms with van der Waals surface area (Å²) in [5.41, 5.74) is 3.51. The van der Waals surface area contributed by atoms with Crippen molar-refractivity contribution in [2.24, 2.45) is 4.99 Å². The summed E-state index contributed by atoms with van der Waals surface area (Å²) in [5.74, 6) is 1.88. The zero-order chi connectivity index (χ0) is 21.3. The van der Waals surface area contributed by atoms with Crippen molar-refractivity contribution >= 4 is 11.9 Å². The molecule has 0 aromatic heterocycles. The fraction of sp³-hybridized carbons (Fsp3) is 0.417. The van der Waals surface area contributed by atoms with Gasteiger partial charge in [-0.15, -0.1) is 0 Å². The van der Waals surface area contributed by atoms with E-state index in [-0.39, 0.29) is 12.0 Å². The monoisotopic (exact) mass is 408 g/mol. The van der Waals surface area contributed by atoms with Gasteiger partial charge in [0.2, 0.25) is 5.91 Å². The largest absolute Gasteiger partial charge is 0.489 e. The number of nitrogens with zero attached hydrogens (tertiary/aromatic N) is 2. The van der Waals surface area contributed by atoms with Crippen LogP contribution in [0.15, 0.2) is 53.5 Å². The minimum atomic E-state index is 0.0120. The Bertz CT molecular complexity index is 864. The van der Waals surface area contributed by atoms with Crippen molar-refractivity contribution in [1.82, 2.24) is 15.5 Å². The van der Waals surface area contributed by atoms with Gasteiger partial charge in [-0.1, -0.05) is 36.4 Å². The highest BCUT2D eigenvalue weighted by Crippen LogP contribution is 2.15. The van der Waals surface area contributed by atoms with Crippen LogP contribution in [0, 0.1) is 6.92 Å². The summed E-state index contributed by atoms with van der Waals surface area (Å²) >= 11 is 0. The lowest BCUT2D eigenvalue weighted by Crippen LogP contribution is -2.41. The number of carbonyl (C=O) groups is 1. The summed E-state index contributed by atoms with van der Waals surface area (Å²) in [4.78, 5) is 18.0. The highest BCUT2D eigenvalue weighted by molar-refractivity contribution is 5.79. The van der Waals surface area contributed by atoms with Crippen molar-refractivity contribution in [3.63, 3.8) is 0 Å². The van der Waals surface area contributed by atoms with Crippen molar-refractivity contribution < 1.29 is 9.53 Å². The third-order valence-electron chi connectivity index (χ3n) is 5.14. The summed E-state index contributed by atoms with van der Waals surface area (Å²) in [6.45, 7) is 6.99. The summed E-state index contributed by atoms with van der Waals surface area (Å²) in [5, 5.41) is 6.64. The molecule has 1 atom stereocenters. The lowest BCUT2D eigenvalue weighted by Gasteiger charge is -2.18. The van der Waals surface area contributed by atoms with Gasteiger partial charge in [-0.05, 0) is 49.1 Å². The molecule has 160 valence electrons. The van der Waals surface area contributed by atoms with E-state index in [9.17, 15) is 4.79 Å². The number of carbonyl (C=O) groups excluding carboxylic acids is 1. The molecule has 1 saturated heterocycles. The Morgan fingerprint density at radius 2 is 1.93 bits per heavy atom. The quantitative estimate of drug-likeness (QED) is 0.520. The summed E-state index contributed by atoms with van der Waals surface area (Å²) in [6, 6.07) is 16.4. The van der Waals surface area contributed by atoms with Crippen molar-refractivity contribution in [1.29, 1.82) is 0 Å². The Balaban J connectivity index is 1.41. The second-order valence-corrected chi connectivity index (χ2v) is 7.79. The van der Waals surface area contributed by atoms with Crippen LogP contribution in [0.4, 0.5) is 0 Å². The van der Waals surface area contributed by atoms with Gasteiger partial charge < -0.3 is 20.3 Å². The fourth-order valence-electron chi connectivity index (χ4n) is 3.46. The van der Waals surface area contributed by atoms with E-state index in [1.165, 1.54) is 16.7 Å². The molecule has 1 aliphatic heterocycles. The third-order valence-corrected chi connectivity index (χ3v) is 5.14. The van der Waals surface area contributed by atoms with Crippen LogP contribution in [-0.4, -0.2) is 43.0 Å².